The molecule has 0 saturated carbocycles. The molecule has 0 aromatic carbocycles. The molecule has 0 aliphatic carbocycles. The molecule has 0 fully saturated rings. The van der Waals surface area contributed by atoms with Crippen LogP contribution < -0.4 is 0 Å². The summed E-state index contributed by atoms with van der Waals surface area (Å²) in [5.41, 5.74) is 1.26. The third-order valence-corrected chi connectivity index (χ3v) is 2.77. The Balaban J connectivity index is 3.05. The zero-order valence-electron chi connectivity index (χ0n) is 11.0. The molecule has 0 radical (unpaired) electrons. The quantitative estimate of drug-likeness (QED) is 0.738. The predicted molar refractivity (Wildman–Crippen MR) is 66.1 cm³/mol. The molecule has 0 bridgehead atoms. The van der Waals surface area contributed by atoms with Gasteiger partial charge in [0.15, 0.2) is 0 Å². The summed E-state index contributed by atoms with van der Waals surface area (Å²) in [7, 11) is 0. The summed E-state index contributed by atoms with van der Waals surface area (Å²) in [6.07, 6.45) is 3.29. The second kappa shape index (κ2) is 6.33. The Morgan fingerprint density at radius 1 is 1.41 bits per heavy atom. The van der Waals surface area contributed by atoms with E-state index in [1.165, 1.54) is 0 Å². The summed E-state index contributed by atoms with van der Waals surface area (Å²) in [6, 6.07) is 0. The van der Waals surface area contributed by atoms with Crippen LogP contribution >= 0.6 is 0 Å². The number of aryl methyl sites for hydroxylation is 1. The van der Waals surface area contributed by atoms with Gasteiger partial charge in [-0.3, -0.25) is 0 Å². The second-order valence-corrected chi connectivity index (χ2v) is 3.97. The van der Waals surface area contributed by atoms with E-state index in [1.807, 2.05) is 6.92 Å². The van der Waals surface area contributed by atoms with Crippen LogP contribution in [0.5, 0.6) is 0 Å². The van der Waals surface area contributed by atoms with Crippen LogP contribution in [-0.2, 0) is 11.2 Å². The van der Waals surface area contributed by atoms with E-state index in [2.05, 4.69) is 23.8 Å². The Kier molecular flexibility index (Phi) is 5.07. The van der Waals surface area contributed by atoms with E-state index < -0.39 is 0 Å². The number of aromatic nitrogens is 2. The van der Waals surface area contributed by atoms with Crippen LogP contribution in [0.3, 0.4) is 0 Å². The molecule has 0 aliphatic rings. The van der Waals surface area contributed by atoms with E-state index in [-0.39, 0.29) is 5.97 Å². The fourth-order valence-corrected chi connectivity index (χ4v) is 1.50. The maximum absolute atomic E-state index is 11.7. The van der Waals surface area contributed by atoms with E-state index in [4.69, 9.17) is 4.74 Å². The lowest BCUT2D eigenvalue weighted by Crippen LogP contribution is -2.12. The largest absolute Gasteiger partial charge is 0.462 e. The Morgan fingerprint density at radius 3 is 2.65 bits per heavy atom. The summed E-state index contributed by atoms with van der Waals surface area (Å²) in [4.78, 5) is 20.4. The third-order valence-electron chi connectivity index (χ3n) is 2.77. The summed E-state index contributed by atoms with van der Waals surface area (Å²) >= 11 is 0. The summed E-state index contributed by atoms with van der Waals surface area (Å²) in [6.45, 7) is 8.32. The molecule has 1 rings (SSSR count). The number of hydrogen-bond acceptors (Lipinski definition) is 4. The SMILES string of the molecule is CCOC(=O)c1cnc(C(C)CC)nc1CC. The van der Waals surface area contributed by atoms with E-state index in [9.17, 15) is 4.79 Å². The van der Waals surface area contributed by atoms with Crippen molar-refractivity contribution in [3.63, 3.8) is 0 Å². The summed E-state index contributed by atoms with van der Waals surface area (Å²) in [5, 5.41) is 0. The van der Waals surface area contributed by atoms with Gasteiger partial charge < -0.3 is 4.74 Å². The fourth-order valence-electron chi connectivity index (χ4n) is 1.50. The minimum Gasteiger partial charge on any atom is -0.462 e. The summed E-state index contributed by atoms with van der Waals surface area (Å²) < 4.78 is 4.98. The molecule has 4 heteroatoms. The van der Waals surface area contributed by atoms with Crippen molar-refractivity contribution in [2.24, 2.45) is 0 Å². The molecule has 1 atom stereocenters. The van der Waals surface area contributed by atoms with Crippen LogP contribution in [0.25, 0.3) is 0 Å². The van der Waals surface area contributed by atoms with Gasteiger partial charge in [0.05, 0.1) is 17.9 Å². The van der Waals surface area contributed by atoms with Crippen molar-refractivity contribution in [3.8, 4) is 0 Å². The van der Waals surface area contributed by atoms with Crippen molar-refractivity contribution in [2.75, 3.05) is 6.61 Å². The molecule has 94 valence electrons. The van der Waals surface area contributed by atoms with Crippen molar-refractivity contribution < 1.29 is 9.53 Å². The molecule has 0 aliphatic heterocycles. The predicted octanol–water partition coefficient (Wildman–Crippen LogP) is 2.73. The molecule has 0 amide bonds. The summed E-state index contributed by atoms with van der Waals surface area (Å²) in [5.74, 6) is 0.786. The molecule has 0 saturated heterocycles. The second-order valence-electron chi connectivity index (χ2n) is 3.97. The zero-order chi connectivity index (χ0) is 12.8. The highest BCUT2D eigenvalue weighted by atomic mass is 16.5. The first kappa shape index (κ1) is 13.6. The molecule has 1 aromatic heterocycles. The van der Waals surface area contributed by atoms with Crippen molar-refractivity contribution in [3.05, 3.63) is 23.3 Å². The standard InChI is InChI=1S/C13H20N2O2/c1-5-9(4)12-14-8-10(11(6-2)15-12)13(16)17-7-3/h8-9H,5-7H2,1-4H3. The molecule has 17 heavy (non-hydrogen) atoms. The van der Waals surface area contributed by atoms with Crippen molar-refractivity contribution in [2.45, 2.75) is 46.5 Å². The van der Waals surface area contributed by atoms with Crippen LogP contribution in [-0.4, -0.2) is 22.5 Å². The van der Waals surface area contributed by atoms with Gasteiger partial charge in [0.25, 0.3) is 0 Å². The Labute approximate surface area is 102 Å². The van der Waals surface area contributed by atoms with Gasteiger partial charge in [-0.05, 0) is 19.8 Å². The monoisotopic (exact) mass is 236 g/mol. The van der Waals surface area contributed by atoms with Gasteiger partial charge in [-0.2, -0.15) is 0 Å². The first-order valence-electron chi connectivity index (χ1n) is 6.16. The number of carbonyl (C=O) groups is 1. The highest BCUT2D eigenvalue weighted by molar-refractivity contribution is 5.90. The van der Waals surface area contributed by atoms with Gasteiger partial charge in [-0.25, -0.2) is 14.8 Å². The third kappa shape index (κ3) is 3.25. The molecule has 4 nitrogen and oxygen atoms in total. The number of nitrogens with zero attached hydrogens (tertiary/aromatic N) is 2. The lowest BCUT2D eigenvalue weighted by molar-refractivity contribution is 0.0524. The van der Waals surface area contributed by atoms with Gasteiger partial charge in [0.1, 0.15) is 5.82 Å². The van der Waals surface area contributed by atoms with Crippen molar-refractivity contribution >= 4 is 5.97 Å². The van der Waals surface area contributed by atoms with Crippen LogP contribution in [0.4, 0.5) is 0 Å². The van der Waals surface area contributed by atoms with Gasteiger partial charge in [0.2, 0.25) is 0 Å². The molecule has 1 unspecified atom stereocenters. The first-order chi connectivity index (χ1) is 8.13. The van der Waals surface area contributed by atoms with Crippen LogP contribution in [0.15, 0.2) is 6.20 Å². The Bertz CT molecular complexity index is 391. The van der Waals surface area contributed by atoms with Gasteiger partial charge >= 0.3 is 5.97 Å². The zero-order valence-corrected chi connectivity index (χ0v) is 11.0. The molecule has 1 aromatic rings. The maximum atomic E-state index is 11.7. The topological polar surface area (TPSA) is 52.1 Å². The van der Waals surface area contributed by atoms with Crippen molar-refractivity contribution in [1.29, 1.82) is 0 Å². The Morgan fingerprint density at radius 2 is 2.12 bits per heavy atom. The average molecular weight is 236 g/mol. The van der Waals surface area contributed by atoms with Crippen LogP contribution in [0.1, 0.15) is 61.9 Å². The highest BCUT2D eigenvalue weighted by Gasteiger charge is 2.16. The van der Waals surface area contributed by atoms with Gasteiger partial charge in [-0.15, -0.1) is 0 Å². The lowest BCUT2D eigenvalue weighted by Gasteiger charge is -2.11. The molecule has 1 heterocycles. The molecular weight excluding hydrogens is 216 g/mol. The van der Waals surface area contributed by atoms with E-state index in [0.29, 0.717) is 24.5 Å². The first-order valence-corrected chi connectivity index (χ1v) is 6.16. The van der Waals surface area contributed by atoms with Crippen molar-refractivity contribution in [1.82, 2.24) is 9.97 Å². The molecule has 0 spiro atoms. The van der Waals surface area contributed by atoms with Gasteiger partial charge in [-0.1, -0.05) is 20.8 Å². The Hall–Kier alpha value is -1.45. The normalized spacial score (nSPS) is 12.2. The number of esters is 1. The number of rotatable bonds is 5. The maximum Gasteiger partial charge on any atom is 0.341 e. The molecular formula is C13H20N2O2. The van der Waals surface area contributed by atoms with Crippen LogP contribution in [0, 0.1) is 0 Å². The average Bonchev–Trinajstić information content (AvgIpc) is 2.37. The molecule has 0 N–H and O–H groups in total. The number of ether oxygens (including phenoxy) is 1. The van der Waals surface area contributed by atoms with E-state index >= 15 is 0 Å². The minimum atomic E-state index is -0.333. The van der Waals surface area contributed by atoms with Gasteiger partial charge in [0, 0.05) is 12.1 Å². The van der Waals surface area contributed by atoms with Crippen LogP contribution in [0.2, 0.25) is 0 Å². The van der Waals surface area contributed by atoms with E-state index in [1.54, 1.807) is 13.1 Å². The fraction of sp³-hybridized carbons (Fsp3) is 0.615. The lowest BCUT2D eigenvalue weighted by atomic mass is 10.1. The number of hydrogen-bond donors (Lipinski definition) is 0. The van der Waals surface area contributed by atoms with E-state index in [0.717, 1.165) is 17.9 Å². The smallest absolute Gasteiger partial charge is 0.341 e. The minimum absolute atomic E-state index is 0.316. The highest BCUT2D eigenvalue weighted by Crippen LogP contribution is 2.16. The number of carbonyl (C=O) groups excluding carboxylic acids is 1.